The first-order valence-corrected chi connectivity index (χ1v) is 8.64. The highest BCUT2D eigenvalue weighted by atomic mass is 35.5. The molecule has 1 aliphatic rings. The third-order valence-electron chi connectivity index (χ3n) is 3.51. The molecule has 112 valence electrons. The van der Waals surface area contributed by atoms with Crippen molar-refractivity contribution in [3.63, 3.8) is 0 Å². The number of halogens is 1. The minimum absolute atomic E-state index is 0.320. The molecule has 0 atom stereocenters. The van der Waals surface area contributed by atoms with Crippen LogP contribution < -0.4 is 10.2 Å². The highest BCUT2D eigenvalue weighted by Crippen LogP contribution is 2.34. The van der Waals surface area contributed by atoms with Crippen LogP contribution in [0.25, 0.3) is 0 Å². The third-order valence-corrected chi connectivity index (χ3v) is 5.04. The second-order valence-electron chi connectivity index (χ2n) is 6.34. The van der Waals surface area contributed by atoms with Crippen molar-refractivity contribution in [2.24, 2.45) is 0 Å². The molecule has 0 aromatic heterocycles. The maximum atomic E-state index is 6.18. The molecular formula is C16H25ClN2S. The third kappa shape index (κ3) is 4.31. The van der Waals surface area contributed by atoms with Crippen molar-refractivity contribution in [2.45, 2.75) is 45.0 Å². The van der Waals surface area contributed by atoms with E-state index in [1.54, 1.807) is 0 Å². The Morgan fingerprint density at radius 3 is 2.80 bits per heavy atom. The number of nitrogens with zero attached hydrogens (tertiary/aromatic N) is 1. The van der Waals surface area contributed by atoms with Crippen molar-refractivity contribution in [2.75, 3.05) is 23.7 Å². The summed E-state index contributed by atoms with van der Waals surface area (Å²) < 4.78 is 0.320. The molecule has 1 aromatic carbocycles. The van der Waals surface area contributed by atoms with Crippen LogP contribution in [0.2, 0.25) is 5.02 Å². The first-order chi connectivity index (χ1) is 9.37. The summed E-state index contributed by atoms with van der Waals surface area (Å²) in [5.74, 6) is 1.19. The molecule has 2 rings (SSSR count). The molecule has 1 N–H and O–H groups in total. The van der Waals surface area contributed by atoms with Gasteiger partial charge in [-0.15, -0.1) is 0 Å². The van der Waals surface area contributed by atoms with E-state index in [9.17, 15) is 0 Å². The number of hydrogen-bond donors (Lipinski definition) is 1. The quantitative estimate of drug-likeness (QED) is 0.898. The van der Waals surface area contributed by atoms with Crippen molar-refractivity contribution in [1.29, 1.82) is 0 Å². The van der Waals surface area contributed by atoms with Crippen LogP contribution in [0.3, 0.4) is 0 Å². The molecule has 0 bridgehead atoms. The van der Waals surface area contributed by atoms with E-state index in [4.69, 9.17) is 11.6 Å². The zero-order valence-electron chi connectivity index (χ0n) is 12.9. The summed E-state index contributed by atoms with van der Waals surface area (Å²) in [6.07, 6.45) is 0. The SMILES string of the molecule is CC(C)NCc1cc(Cl)ccc1N1CCSC(C)(C)C1. The van der Waals surface area contributed by atoms with Crippen molar-refractivity contribution in [3.8, 4) is 0 Å². The fourth-order valence-corrected chi connectivity index (χ4v) is 3.85. The van der Waals surface area contributed by atoms with Gasteiger partial charge in [0.2, 0.25) is 0 Å². The minimum Gasteiger partial charge on any atom is -0.369 e. The van der Waals surface area contributed by atoms with E-state index in [-0.39, 0.29) is 0 Å². The number of thioether (sulfide) groups is 1. The Hall–Kier alpha value is -0.380. The van der Waals surface area contributed by atoms with Crippen LogP contribution in [0.1, 0.15) is 33.3 Å². The summed E-state index contributed by atoms with van der Waals surface area (Å²) >= 11 is 8.24. The van der Waals surface area contributed by atoms with Crippen molar-refractivity contribution >= 4 is 29.1 Å². The maximum Gasteiger partial charge on any atom is 0.0413 e. The summed E-state index contributed by atoms with van der Waals surface area (Å²) in [5, 5.41) is 4.32. The number of rotatable bonds is 4. The van der Waals surface area contributed by atoms with Crippen molar-refractivity contribution in [1.82, 2.24) is 5.32 Å². The molecule has 0 saturated carbocycles. The lowest BCUT2D eigenvalue weighted by atomic mass is 10.1. The zero-order chi connectivity index (χ0) is 14.8. The van der Waals surface area contributed by atoms with E-state index in [2.05, 4.69) is 61.8 Å². The zero-order valence-corrected chi connectivity index (χ0v) is 14.4. The van der Waals surface area contributed by atoms with Gasteiger partial charge in [-0.3, -0.25) is 0 Å². The average molecular weight is 313 g/mol. The number of nitrogens with one attached hydrogen (secondary N) is 1. The van der Waals surface area contributed by atoms with Crippen molar-refractivity contribution in [3.05, 3.63) is 28.8 Å². The van der Waals surface area contributed by atoms with Gasteiger partial charge in [-0.1, -0.05) is 25.4 Å². The standard InChI is InChI=1S/C16H25ClN2S/c1-12(2)18-10-13-9-14(17)5-6-15(13)19-7-8-20-16(3,4)11-19/h5-6,9,12,18H,7-8,10-11H2,1-4H3. The van der Waals surface area contributed by atoms with Crippen LogP contribution in [-0.2, 0) is 6.54 Å². The molecule has 0 spiro atoms. The van der Waals surface area contributed by atoms with Gasteiger partial charge in [-0.25, -0.2) is 0 Å². The fraction of sp³-hybridized carbons (Fsp3) is 0.625. The molecule has 1 aliphatic heterocycles. The summed E-state index contributed by atoms with van der Waals surface area (Å²) in [5.41, 5.74) is 2.63. The normalized spacial score (nSPS) is 18.6. The van der Waals surface area contributed by atoms with Gasteiger partial charge in [0, 0.05) is 46.9 Å². The van der Waals surface area contributed by atoms with E-state index in [0.29, 0.717) is 10.8 Å². The second-order valence-corrected chi connectivity index (χ2v) is 8.58. The minimum atomic E-state index is 0.320. The summed E-state index contributed by atoms with van der Waals surface area (Å²) in [4.78, 5) is 2.50. The monoisotopic (exact) mass is 312 g/mol. The van der Waals surface area contributed by atoms with Crippen molar-refractivity contribution < 1.29 is 0 Å². The van der Waals surface area contributed by atoms with Crippen LogP contribution in [0.15, 0.2) is 18.2 Å². The molecule has 4 heteroatoms. The molecule has 2 nitrogen and oxygen atoms in total. The average Bonchev–Trinajstić information content (AvgIpc) is 2.35. The smallest absolute Gasteiger partial charge is 0.0413 e. The highest BCUT2D eigenvalue weighted by Gasteiger charge is 2.28. The van der Waals surface area contributed by atoms with E-state index in [1.165, 1.54) is 17.0 Å². The van der Waals surface area contributed by atoms with Gasteiger partial charge >= 0.3 is 0 Å². The summed E-state index contributed by atoms with van der Waals surface area (Å²) in [7, 11) is 0. The Morgan fingerprint density at radius 1 is 1.40 bits per heavy atom. The van der Waals surface area contributed by atoms with Gasteiger partial charge in [0.1, 0.15) is 0 Å². The van der Waals surface area contributed by atoms with Crippen LogP contribution >= 0.6 is 23.4 Å². The predicted octanol–water partition coefficient (Wildman–Crippen LogP) is 4.17. The van der Waals surface area contributed by atoms with E-state index in [0.717, 1.165) is 24.7 Å². The Balaban J connectivity index is 2.21. The predicted molar refractivity (Wildman–Crippen MR) is 92.2 cm³/mol. The summed E-state index contributed by atoms with van der Waals surface area (Å²) in [6, 6.07) is 6.76. The lowest BCUT2D eigenvalue weighted by Gasteiger charge is -2.40. The van der Waals surface area contributed by atoms with E-state index < -0.39 is 0 Å². The van der Waals surface area contributed by atoms with Crippen LogP contribution in [0, 0.1) is 0 Å². The Kier molecular flexibility index (Phi) is 5.27. The van der Waals surface area contributed by atoms with E-state index in [1.807, 2.05) is 6.07 Å². The number of benzene rings is 1. The van der Waals surface area contributed by atoms with Gasteiger partial charge in [0.25, 0.3) is 0 Å². The molecule has 0 radical (unpaired) electrons. The molecule has 20 heavy (non-hydrogen) atoms. The first kappa shape index (κ1) is 16.0. The number of hydrogen-bond acceptors (Lipinski definition) is 3. The lowest BCUT2D eigenvalue weighted by molar-refractivity contribution is 0.585. The molecular weight excluding hydrogens is 288 g/mol. The lowest BCUT2D eigenvalue weighted by Crippen LogP contribution is -2.43. The molecule has 0 aliphatic carbocycles. The molecule has 0 amide bonds. The molecule has 1 aromatic rings. The highest BCUT2D eigenvalue weighted by molar-refractivity contribution is 8.00. The van der Waals surface area contributed by atoms with Gasteiger partial charge in [-0.05, 0) is 37.6 Å². The van der Waals surface area contributed by atoms with Crippen LogP contribution in [0.5, 0.6) is 0 Å². The molecule has 1 fully saturated rings. The Labute approximate surface area is 132 Å². The molecule has 0 unspecified atom stereocenters. The summed E-state index contributed by atoms with van der Waals surface area (Å²) in [6.45, 7) is 12.1. The van der Waals surface area contributed by atoms with Gasteiger partial charge in [0.15, 0.2) is 0 Å². The topological polar surface area (TPSA) is 15.3 Å². The van der Waals surface area contributed by atoms with Gasteiger partial charge in [-0.2, -0.15) is 11.8 Å². The first-order valence-electron chi connectivity index (χ1n) is 7.28. The van der Waals surface area contributed by atoms with Crippen LogP contribution in [-0.4, -0.2) is 29.6 Å². The molecule has 1 saturated heterocycles. The Morgan fingerprint density at radius 2 is 2.15 bits per heavy atom. The second kappa shape index (κ2) is 6.59. The van der Waals surface area contributed by atoms with Crippen LogP contribution in [0.4, 0.5) is 5.69 Å². The largest absolute Gasteiger partial charge is 0.369 e. The van der Waals surface area contributed by atoms with Gasteiger partial charge in [0.05, 0.1) is 0 Å². The number of anilines is 1. The fourth-order valence-electron chi connectivity index (χ4n) is 2.54. The molecule has 1 heterocycles. The van der Waals surface area contributed by atoms with E-state index >= 15 is 0 Å². The Bertz CT molecular complexity index is 460. The van der Waals surface area contributed by atoms with Gasteiger partial charge < -0.3 is 10.2 Å². The maximum absolute atomic E-state index is 6.18.